The molecule has 36 heavy (non-hydrogen) atoms. The third-order valence-corrected chi connectivity index (χ3v) is 7.90. The van der Waals surface area contributed by atoms with Crippen molar-refractivity contribution in [3.8, 4) is 0 Å². The molecular weight excluding hydrogens is 530 g/mol. The molecule has 0 aromatic heterocycles. The van der Waals surface area contributed by atoms with E-state index in [1.807, 2.05) is 13.8 Å². The minimum absolute atomic E-state index is 0.0444. The number of rotatable bonds is 12. The van der Waals surface area contributed by atoms with E-state index in [0.717, 1.165) is 10.4 Å². The summed E-state index contributed by atoms with van der Waals surface area (Å²) in [4.78, 5) is 24.4. The van der Waals surface area contributed by atoms with Crippen molar-refractivity contribution in [1.82, 2.24) is 5.32 Å². The SMILES string of the molecule is COC(=O)[C@H](CC(C)C)NC(=O)CCC[C@@H](C)N(c1cc(Cl)ccc1F)S(=O)(=O)c1ccc(Cl)cc1. The molecule has 0 bridgehead atoms. The number of methoxy groups -OCH3 is 1. The number of nitrogens with one attached hydrogen (secondary N) is 1. The maximum Gasteiger partial charge on any atom is 0.328 e. The fourth-order valence-electron chi connectivity index (χ4n) is 3.75. The highest BCUT2D eigenvalue weighted by Crippen LogP contribution is 2.32. The molecule has 7 nitrogen and oxygen atoms in total. The van der Waals surface area contributed by atoms with E-state index in [1.54, 1.807) is 6.92 Å². The van der Waals surface area contributed by atoms with Crippen molar-refractivity contribution in [3.63, 3.8) is 0 Å². The largest absolute Gasteiger partial charge is 0.467 e. The molecule has 2 aromatic rings. The third-order valence-electron chi connectivity index (χ3n) is 5.47. The van der Waals surface area contributed by atoms with Crippen LogP contribution in [0, 0.1) is 11.7 Å². The molecule has 1 amide bonds. The molecule has 2 atom stereocenters. The number of sulfonamides is 1. The van der Waals surface area contributed by atoms with Crippen LogP contribution in [0.3, 0.4) is 0 Å². The molecule has 2 aromatic carbocycles. The third kappa shape index (κ3) is 8.08. The molecule has 0 saturated heterocycles. The Kier molecular flexibility index (Phi) is 11.0. The number of halogens is 3. The van der Waals surface area contributed by atoms with Crippen molar-refractivity contribution in [2.45, 2.75) is 63.4 Å². The zero-order valence-corrected chi connectivity index (χ0v) is 23.0. The monoisotopic (exact) mass is 560 g/mol. The number of carbonyl (C=O) groups excluding carboxylic acids is 2. The second-order valence-corrected chi connectivity index (χ2v) is 11.6. The lowest BCUT2D eigenvalue weighted by atomic mass is 10.0. The van der Waals surface area contributed by atoms with Crippen LogP contribution in [-0.2, 0) is 24.3 Å². The van der Waals surface area contributed by atoms with Crippen molar-refractivity contribution < 1.29 is 27.1 Å². The molecule has 0 aliphatic rings. The topological polar surface area (TPSA) is 92.8 Å². The van der Waals surface area contributed by atoms with E-state index in [2.05, 4.69) is 5.32 Å². The molecular formula is C25H31Cl2FN2O5S. The maximum atomic E-state index is 14.8. The summed E-state index contributed by atoms with van der Waals surface area (Å²) in [6.07, 6.45) is 0.995. The van der Waals surface area contributed by atoms with Crippen LogP contribution in [0.25, 0.3) is 0 Å². The minimum atomic E-state index is -4.19. The van der Waals surface area contributed by atoms with E-state index in [-0.39, 0.29) is 46.7 Å². The summed E-state index contributed by atoms with van der Waals surface area (Å²) in [6, 6.07) is 7.75. The van der Waals surface area contributed by atoms with Crippen LogP contribution in [0.1, 0.15) is 46.5 Å². The number of hydrogen-bond acceptors (Lipinski definition) is 5. The first kappa shape index (κ1) is 29.9. The second-order valence-electron chi connectivity index (χ2n) is 8.86. The van der Waals surface area contributed by atoms with E-state index in [4.69, 9.17) is 27.9 Å². The summed E-state index contributed by atoms with van der Waals surface area (Å²) < 4.78 is 47.6. The van der Waals surface area contributed by atoms with Gasteiger partial charge in [0.25, 0.3) is 10.0 Å². The Bertz CT molecular complexity index is 1160. The Morgan fingerprint density at radius 3 is 2.25 bits per heavy atom. The van der Waals surface area contributed by atoms with Crippen LogP contribution in [0.5, 0.6) is 0 Å². The Morgan fingerprint density at radius 2 is 1.67 bits per heavy atom. The predicted octanol–water partition coefficient (Wildman–Crippen LogP) is 5.59. The first-order valence-electron chi connectivity index (χ1n) is 11.5. The van der Waals surface area contributed by atoms with E-state index >= 15 is 0 Å². The van der Waals surface area contributed by atoms with Gasteiger partial charge in [-0.1, -0.05) is 37.0 Å². The first-order chi connectivity index (χ1) is 16.9. The molecule has 198 valence electrons. The van der Waals surface area contributed by atoms with Crippen molar-refractivity contribution in [2.75, 3.05) is 11.4 Å². The van der Waals surface area contributed by atoms with E-state index < -0.39 is 33.9 Å². The molecule has 11 heteroatoms. The number of benzene rings is 2. The molecule has 0 aliphatic heterocycles. The minimum Gasteiger partial charge on any atom is -0.467 e. The summed E-state index contributed by atoms with van der Waals surface area (Å²) >= 11 is 12.0. The van der Waals surface area contributed by atoms with Gasteiger partial charge in [0.1, 0.15) is 11.9 Å². The highest BCUT2D eigenvalue weighted by atomic mass is 35.5. The molecule has 0 radical (unpaired) electrons. The van der Waals surface area contributed by atoms with Crippen molar-refractivity contribution in [3.05, 3.63) is 58.3 Å². The average Bonchev–Trinajstić information content (AvgIpc) is 2.80. The van der Waals surface area contributed by atoms with Crippen LogP contribution in [0.15, 0.2) is 47.4 Å². The first-order valence-corrected chi connectivity index (χ1v) is 13.7. The van der Waals surface area contributed by atoms with Gasteiger partial charge in [0.2, 0.25) is 5.91 Å². The number of amides is 1. The van der Waals surface area contributed by atoms with Crippen molar-refractivity contribution in [2.24, 2.45) is 5.92 Å². The molecule has 0 heterocycles. The predicted molar refractivity (Wildman–Crippen MR) is 139 cm³/mol. The van der Waals surface area contributed by atoms with Gasteiger partial charge in [-0.3, -0.25) is 9.10 Å². The second kappa shape index (κ2) is 13.3. The molecule has 0 aliphatic carbocycles. The summed E-state index contributed by atoms with van der Waals surface area (Å²) in [5, 5.41) is 3.21. The van der Waals surface area contributed by atoms with Crippen LogP contribution >= 0.6 is 23.2 Å². The van der Waals surface area contributed by atoms with Gasteiger partial charge in [-0.15, -0.1) is 0 Å². The molecule has 2 rings (SSSR count). The molecule has 1 N–H and O–H groups in total. The summed E-state index contributed by atoms with van der Waals surface area (Å²) in [7, 11) is -2.93. The number of carbonyl (C=O) groups is 2. The van der Waals surface area contributed by atoms with Crippen molar-refractivity contribution in [1.29, 1.82) is 0 Å². The quantitative estimate of drug-likeness (QED) is 0.341. The summed E-state index contributed by atoms with van der Waals surface area (Å²) in [6.45, 7) is 5.48. The van der Waals surface area contributed by atoms with Crippen LogP contribution in [-0.4, -0.2) is 39.5 Å². The normalized spacial score (nSPS) is 13.2. The highest BCUT2D eigenvalue weighted by Gasteiger charge is 2.32. The smallest absolute Gasteiger partial charge is 0.328 e. The summed E-state index contributed by atoms with van der Waals surface area (Å²) in [5.74, 6) is -1.48. The van der Waals surface area contributed by atoms with Gasteiger partial charge >= 0.3 is 5.97 Å². The number of anilines is 1. The number of ether oxygens (including phenoxy) is 1. The van der Waals surface area contributed by atoms with Gasteiger partial charge in [0.15, 0.2) is 0 Å². The molecule has 0 unspecified atom stereocenters. The van der Waals surface area contributed by atoms with Crippen LogP contribution < -0.4 is 9.62 Å². The molecule has 0 fully saturated rings. The average molecular weight is 562 g/mol. The lowest BCUT2D eigenvalue weighted by molar-refractivity contribution is -0.145. The zero-order chi connectivity index (χ0) is 27.0. The van der Waals surface area contributed by atoms with Crippen molar-refractivity contribution >= 4 is 50.8 Å². The lowest BCUT2D eigenvalue weighted by Gasteiger charge is -2.31. The zero-order valence-electron chi connectivity index (χ0n) is 20.6. The fourth-order valence-corrected chi connectivity index (χ4v) is 5.73. The Morgan fingerprint density at radius 1 is 1.06 bits per heavy atom. The van der Waals surface area contributed by atoms with Gasteiger partial charge in [0.05, 0.1) is 17.7 Å². The fraction of sp³-hybridized carbons (Fsp3) is 0.440. The standard InChI is InChI=1S/C25H31Cl2FN2O5S/c1-16(2)14-22(25(32)35-4)29-24(31)7-5-6-17(3)30(23-15-19(27)10-13-21(23)28)36(33,34)20-11-8-18(26)9-12-20/h8-13,15-17,22H,5-7,14H2,1-4H3,(H,29,31)/t17-,22+/m1/s1. The number of nitrogens with zero attached hydrogens (tertiary/aromatic N) is 1. The summed E-state index contributed by atoms with van der Waals surface area (Å²) in [5.41, 5.74) is -0.197. The van der Waals surface area contributed by atoms with Crippen LogP contribution in [0.4, 0.5) is 10.1 Å². The Balaban J connectivity index is 2.22. The molecule has 0 saturated carbocycles. The Labute approximate surface area is 222 Å². The lowest BCUT2D eigenvalue weighted by Crippen LogP contribution is -2.42. The molecule has 0 spiro atoms. The maximum absolute atomic E-state index is 14.8. The van der Waals surface area contributed by atoms with Crippen LogP contribution in [0.2, 0.25) is 10.0 Å². The van der Waals surface area contributed by atoms with Gasteiger partial charge in [-0.2, -0.15) is 0 Å². The van der Waals surface area contributed by atoms with Gasteiger partial charge in [-0.25, -0.2) is 17.6 Å². The van der Waals surface area contributed by atoms with Gasteiger partial charge < -0.3 is 10.1 Å². The number of hydrogen-bond donors (Lipinski definition) is 1. The van der Waals surface area contributed by atoms with E-state index in [0.29, 0.717) is 11.4 Å². The Hall–Kier alpha value is -2.36. The van der Waals surface area contributed by atoms with Gasteiger partial charge in [-0.05, 0) is 74.6 Å². The van der Waals surface area contributed by atoms with E-state index in [1.165, 1.54) is 43.5 Å². The van der Waals surface area contributed by atoms with E-state index in [9.17, 15) is 22.4 Å². The van der Waals surface area contributed by atoms with Gasteiger partial charge in [0, 0.05) is 22.5 Å². The number of esters is 1. The highest BCUT2D eigenvalue weighted by molar-refractivity contribution is 7.92.